The maximum Gasteiger partial charge on any atom is 0.0641 e. The van der Waals surface area contributed by atoms with Crippen LogP contribution < -0.4 is 5.73 Å². The Kier molecular flexibility index (Phi) is 2.36. The molecule has 2 nitrogen and oxygen atoms in total. The summed E-state index contributed by atoms with van der Waals surface area (Å²) in [4.78, 5) is 0. The molecule has 1 fully saturated rings. The molecular formula is C13H19NO. The van der Waals surface area contributed by atoms with Crippen molar-refractivity contribution in [2.24, 2.45) is 5.73 Å². The SMILES string of the molecule is Cc1ccccc1C1(N)CCC(C)(O)C1. The lowest BCUT2D eigenvalue weighted by Gasteiger charge is -2.28. The van der Waals surface area contributed by atoms with Crippen molar-refractivity contribution < 1.29 is 5.11 Å². The molecule has 0 heterocycles. The molecule has 0 aliphatic heterocycles. The van der Waals surface area contributed by atoms with Gasteiger partial charge in [-0.1, -0.05) is 24.3 Å². The van der Waals surface area contributed by atoms with Gasteiger partial charge in [-0.25, -0.2) is 0 Å². The van der Waals surface area contributed by atoms with Crippen LogP contribution >= 0.6 is 0 Å². The summed E-state index contributed by atoms with van der Waals surface area (Å²) in [6.07, 6.45) is 2.31. The van der Waals surface area contributed by atoms with E-state index in [1.165, 1.54) is 11.1 Å². The molecular weight excluding hydrogens is 186 g/mol. The van der Waals surface area contributed by atoms with Gasteiger partial charge in [0.2, 0.25) is 0 Å². The van der Waals surface area contributed by atoms with Crippen LogP contribution in [-0.4, -0.2) is 10.7 Å². The topological polar surface area (TPSA) is 46.2 Å². The number of aryl methyl sites for hydroxylation is 1. The second-order valence-corrected chi connectivity index (χ2v) is 5.14. The zero-order valence-electron chi connectivity index (χ0n) is 9.46. The van der Waals surface area contributed by atoms with Crippen molar-refractivity contribution in [1.82, 2.24) is 0 Å². The third kappa shape index (κ3) is 1.92. The Morgan fingerprint density at radius 1 is 1.27 bits per heavy atom. The van der Waals surface area contributed by atoms with Gasteiger partial charge < -0.3 is 10.8 Å². The molecule has 15 heavy (non-hydrogen) atoms. The standard InChI is InChI=1S/C13H19NO/c1-10-5-3-4-6-11(10)13(14)8-7-12(2,15)9-13/h3-6,15H,7-9,14H2,1-2H3. The highest BCUT2D eigenvalue weighted by Crippen LogP contribution is 2.43. The van der Waals surface area contributed by atoms with Gasteiger partial charge in [-0.15, -0.1) is 0 Å². The van der Waals surface area contributed by atoms with Gasteiger partial charge in [0.25, 0.3) is 0 Å². The minimum atomic E-state index is -0.600. The monoisotopic (exact) mass is 205 g/mol. The van der Waals surface area contributed by atoms with Crippen molar-refractivity contribution in [2.75, 3.05) is 0 Å². The Bertz CT molecular complexity index is 373. The molecule has 0 radical (unpaired) electrons. The zero-order chi connectivity index (χ0) is 11.1. The van der Waals surface area contributed by atoms with E-state index >= 15 is 0 Å². The van der Waals surface area contributed by atoms with Gasteiger partial charge in [0.1, 0.15) is 0 Å². The van der Waals surface area contributed by atoms with Crippen LogP contribution in [0.5, 0.6) is 0 Å². The zero-order valence-corrected chi connectivity index (χ0v) is 9.46. The van der Waals surface area contributed by atoms with E-state index in [0.29, 0.717) is 6.42 Å². The van der Waals surface area contributed by atoms with E-state index < -0.39 is 5.60 Å². The molecule has 2 rings (SSSR count). The van der Waals surface area contributed by atoms with Crippen molar-refractivity contribution in [1.29, 1.82) is 0 Å². The Balaban J connectivity index is 2.36. The lowest BCUT2D eigenvalue weighted by atomic mass is 9.85. The summed E-state index contributed by atoms with van der Waals surface area (Å²) in [6.45, 7) is 3.96. The molecule has 2 unspecified atom stereocenters. The number of hydrogen-bond acceptors (Lipinski definition) is 2. The fraction of sp³-hybridized carbons (Fsp3) is 0.538. The molecule has 0 spiro atoms. The van der Waals surface area contributed by atoms with Gasteiger partial charge in [-0.2, -0.15) is 0 Å². The van der Waals surface area contributed by atoms with Gasteiger partial charge in [0, 0.05) is 5.54 Å². The van der Waals surface area contributed by atoms with Crippen molar-refractivity contribution >= 4 is 0 Å². The predicted molar refractivity (Wildman–Crippen MR) is 61.5 cm³/mol. The maximum absolute atomic E-state index is 10.0. The molecule has 2 atom stereocenters. The van der Waals surface area contributed by atoms with E-state index in [-0.39, 0.29) is 5.54 Å². The van der Waals surface area contributed by atoms with E-state index in [9.17, 15) is 5.11 Å². The molecule has 1 aliphatic rings. The Hall–Kier alpha value is -0.860. The van der Waals surface area contributed by atoms with Gasteiger partial charge in [0.05, 0.1) is 5.60 Å². The first-order valence-corrected chi connectivity index (χ1v) is 5.50. The van der Waals surface area contributed by atoms with Crippen LogP contribution in [0.1, 0.15) is 37.3 Å². The lowest BCUT2D eigenvalue weighted by Crippen LogP contribution is -2.37. The normalized spacial score (nSPS) is 35.7. The summed E-state index contributed by atoms with van der Waals surface area (Å²) in [5.41, 5.74) is 7.86. The van der Waals surface area contributed by atoms with Crippen LogP contribution in [-0.2, 0) is 5.54 Å². The first-order chi connectivity index (χ1) is 6.93. The largest absolute Gasteiger partial charge is 0.390 e. The second kappa shape index (κ2) is 3.32. The first-order valence-electron chi connectivity index (χ1n) is 5.50. The first kappa shape index (κ1) is 10.7. The van der Waals surface area contributed by atoms with Crippen molar-refractivity contribution in [3.8, 4) is 0 Å². The second-order valence-electron chi connectivity index (χ2n) is 5.14. The minimum Gasteiger partial charge on any atom is -0.390 e. The Labute approximate surface area is 91.1 Å². The highest BCUT2D eigenvalue weighted by molar-refractivity contribution is 5.34. The third-order valence-electron chi connectivity index (χ3n) is 3.49. The molecule has 0 bridgehead atoms. The summed E-state index contributed by atoms with van der Waals surface area (Å²) < 4.78 is 0. The van der Waals surface area contributed by atoms with E-state index in [4.69, 9.17) is 5.73 Å². The highest BCUT2D eigenvalue weighted by atomic mass is 16.3. The van der Waals surface area contributed by atoms with Gasteiger partial charge >= 0.3 is 0 Å². The van der Waals surface area contributed by atoms with Gasteiger partial charge in [-0.05, 0) is 44.2 Å². The van der Waals surface area contributed by atoms with E-state index in [2.05, 4.69) is 19.1 Å². The van der Waals surface area contributed by atoms with Crippen LogP contribution in [0.4, 0.5) is 0 Å². The number of hydrogen-bond donors (Lipinski definition) is 2. The molecule has 82 valence electrons. The van der Waals surface area contributed by atoms with Crippen molar-refractivity contribution in [3.05, 3.63) is 35.4 Å². The van der Waals surface area contributed by atoms with Crippen LogP contribution in [0.3, 0.4) is 0 Å². The van der Waals surface area contributed by atoms with Crippen molar-refractivity contribution in [2.45, 2.75) is 44.2 Å². The van der Waals surface area contributed by atoms with Crippen LogP contribution in [0.2, 0.25) is 0 Å². The quantitative estimate of drug-likeness (QED) is 0.737. The molecule has 0 saturated heterocycles. The van der Waals surface area contributed by atoms with E-state index in [1.807, 2.05) is 19.1 Å². The number of aliphatic hydroxyl groups is 1. The fourth-order valence-electron chi connectivity index (χ4n) is 2.71. The maximum atomic E-state index is 10.0. The summed E-state index contributed by atoms with van der Waals surface area (Å²) in [5.74, 6) is 0. The number of nitrogens with two attached hydrogens (primary N) is 1. The molecule has 2 heteroatoms. The summed E-state index contributed by atoms with van der Waals surface area (Å²) in [5, 5.41) is 10.0. The smallest absolute Gasteiger partial charge is 0.0641 e. The molecule has 0 amide bonds. The van der Waals surface area contributed by atoms with E-state index in [0.717, 1.165) is 12.8 Å². The van der Waals surface area contributed by atoms with Crippen LogP contribution in [0, 0.1) is 6.92 Å². The van der Waals surface area contributed by atoms with Crippen LogP contribution in [0.25, 0.3) is 0 Å². The summed E-state index contributed by atoms with van der Waals surface area (Å²) in [7, 11) is 0. The molecule has 0 aromatic heterocycles. The highest BCUT2D eigenvalue weighted by Gasteiger charge is 2.43. The third-order valence-corrected chi connectivity index (χ3v) is 3.49. The van der Waals surface area contributed by atoms with Gasteiger partial charge in [0.15, 0.2) is 0 Å². The predicted octanol–water partition coefficient (Wildman–Crippen LogP) is 2.08. The fourth-order valence-corrected chi connectivity index (χ4v) is 2.71. The van der Waals surface area contributed by atoms with Gasteiger partial charge in [-0.3, -0.25) is 0 Å². The van der Waals surface area contributed by atoms with Crippen LogP contribution in [0.15, 0.2) is 24.3 Å². The molecule has 1 saturated carbocycles. The molecule has 1 aromatic rings. The molecule has 1 aromatic carbocycles. The van der Waals surface area contributed by atoms with E-state index in [1.54, 1.807) is 0 Å². The average molecular weight is 205 g/mol. The minimum absolute atomic E-state index is 0.338. The number of benzene rings is 1. The van der Waals surface area contributed by atoms with Crippen molar-refractivity contribution in [3.63, 3.8) is 0 Å². The number of rotatable bonds is 1. The Morgan fingerprint density at radius 2 is 1.93 bits per heavy atom. The molecule has 3 N–H and O–H groups in total. The lowest BCUT2D eigenvalue weighted by molar-refractivity contribution is 0.0611. The summed E-state index contributed by atoms with van der Waals surface area (Å²) in [6, 6.07) is 8.20. The summed E-state index contributed by atoms with van der Waals surface area (Å²) >= 11 is 0. The average Bonchev–Trinajstić information content (AvgIpc) is 2.42. The molecule has 1 aliphatic carbocycles. The Morgan fingerprint density at radius 3 is 2.47 bits per heavy atom.